The minimum absolute atomic E-state index is 0.0474. The van der Waals surface area contributed by atoms with Crippen molar-refractivity contribution in [3.63, 3.8) is 0 Å². The molecule has 0 aliphatic heterocycles. The van der Waals surface area contributed by atoms with Gasteiger partial charge in [0.15, 0.2) is 11.5 Å². The highest BCUT2D eigenvalue weighted by molar-refractivity contribution is 5.94. The minimum atomic E-state index is -0.885. The van der Waals surface area contributed by atoms with E-state index in [9.17, 15) is 19.7 Å². The molecule has 10 nitrogen and oxygen atoms in total. The standard InChI is InChI=1S/C29H30N2O8/c1-3-36-28(32)24(29(33)37-4-2)8-6-5-7-15-38-23-13-11-19-16-21(10-9-20(19)17-23)27-30-25-14-12-22(31(34)35)18-26(25)39-27/h9-14,16-18,24H,3-8,15H2,1-2H3. The van der Waals surface area contributed by atoms with E-state index in [-0.39, 0.29) is 18.9 Å². The first-order chi connectivity index (χ1) is 18.9. The summed E-state index contributed by atoms with van der Waals surface area (Å²) in [5.74, 6) is -0.830. The lowest BCUT2D eigenvalue weighted by Crippen LogP contribution is -2.28. The lowest BCUT2D eigenvalue weighted by Gasteiger charge is -2.14. The number of rotatable bonds is 13. The fourth-order valence-corrected chi connectivity index (χ4v) is 4.23. The summed E-state index contributed by atoms with van der Waals surface area (Å²) >= 11 is 0. The Morgan fingerprint density at radius 3 is 2.36 bits per heavy atom. The first kappa shape index (κ1) is 27.6. The maximum Gasteiger partial charge on any atom is 0.320 e. The zero-order valence-electron chi connectivity index (χ0n) is 21.9. The molecule has 39 heavy (non-hydrogen) atoms. The second kappa shape index (κ2) is 12.9. The van der Waals surface area contributed by atoms with Crippen LogP contribution >= 0.6 is 0 Å². The number of hydrogen-bond donors (Lipinski definition) is 0. The second-order valence-corrected chi connectivity index (χ2v) is 8.91. The van der Waals surface area contributed by atoms with Gasteiger partial charge in [0.2, 0.25) is 5.89 Å². The van der Waals surface area contributed by atoms with Crippen molar-refractivity contribution in [2.45, 2.75) is 39.5 Å². The number of aromatic nitrogens is 1. The van der Waals surface area contributed by atoms with E-state index < -0.39 is 22.8 Å². The number of carbonyl (C=O) groups excluding carboxylic acids is 2. The van der Waals surface area contributed by atoms with Crippen LogP contribution in [0, 0.1) is 16.0 Å². The van der Waals surface area contributed by atoms with E-state index in [1.165, 1.54) is 12.1 Å². The molecule has 0 radical (unpaired) electrons. The maximum atomic E-state index is 12.1. The van der Waals surface area contributed by atoms with Crippen LogP contribution in [0.4, 0.5) is 5.69 Å². The predicted molar refractivity (Wildman–Crippen MR) is 144 cm³/mol. The van der Waals surface area contributed by atoms with E-state index in [1.54, 1.807) is 19.9 Å². The van der Waals surface area contributed by atoms with Crippen molar-refractivity contribution in [1.82, 2.24) is 4.98 Å². The number of nitrogens with zero attached hydrogens (tertiary/aromatic N) is 2. The summed E-state index contributed by atoms with van der Waals surface area (Å²) in [6.45, 7) is 4.36. The third kappa shape index (κ3) is 6.90. The van der Waals surface area contributed by atoms with Gasteiger partial charge in [-0.25, -0.2) is 4.98 Å². The van der Waals surface area contributed by atoms with E-state index in [2.05, 4.69) is 4.98 Å². The van der Waals surface area contributed by atoms with E-state index in [0.29, 0.717) is 36.4 Å². The van der Waals surface area contributed by atoms with E-state index in [0.717, 1.165) is 34.9 Å². The smallest absolute Gasteiger partial charge is 0.320 e. The molecule has 0 saturated heterocycles. The van der Waals surface area contributed by atoms with Crippen molar-refractivity contribution in [1.29, 1.82) is 0 Å². The van der Waals surface area contributed by atoms with Crippen LogP contribution in [0.2, 0.25) is 0 Å². The lowest BCUT2D eigenvalue weighted by atomic mass is 10.0. The molecule has 4 aromatic rings. The van der Waals surface area contributed by atoms with Gasteiger partial charge in [-0.3, -0.25) is 19.7 Å². The van der Waals surface area contributed by atoms with Gasteiger partial charge in [0, 0.05) is 11.6 Å². The Kier molecular flexibility index (Phi) is 9.09. The molecule has 0 aliphatic carbocycles. The summed E-state index contributed by atoms with van der Waals surface area (Å²) in [5, 5.41) is 13.0. The molecule has 0 bridgehead atoms. The van der Waals surface area contributed by atoms with Gasteiger partial charge in [-0.15, -0.1) is 0 Å². The molecule has 0 saturated carbocycles. The Hall–Kier alpha value is -4.47. The van der Waals surface area contributed by atoms with Crippen LogP contribution in [0.5, 0.6) is 5.75 Å². The number of nitro benzene ring substituents is 1. The molecule has 10 heteroatoms. The average molecular weight is 535 g/mol. The molecular weight excluding hydrogens is 504 g/mol. The summed E-state index contributed by atoms with van der Waals surface area (Å²) in [4.78, 5) is 39.1. The van der Waals surface area contributed by atoms with Crippen LogP contribution in [0.3, 0.4) is 0 Å². The molecule has 0 atom stereocenters. The fraction of sp³-hybridized carbons (Fsp3) is 0.345. The van der Waals surface area contributed by atoms with Crippen molar-refractivity contribution in [3.05, 3.63) is 64.7 Å². The van der Waals surface area contributed by atoms with Crippen molar-refractivity contribution >= 4 is 39.5 Å². The van der Waals surface area contributed by atoms with Crippen LogP contribution in [0.25, 0.3) is 33.3 Å². The monoisotopic (exact) mass is 534 g/mol. The van der Waals surface area contributed by atoms with Gasteiger partial charge in [0.25, 0.3) is 5.69 Å². The van der Waals surface area contributed by atoms with Crippen molar-refractivity contribution in [3.8, 4) is 17.2 Å². The number of esters is 2. The third-order valence-corrected chi connectivity index (χ3v) is 6.19. The Labute approximate surface area is 225 Å². The van der Waals surface area contributed by atoms with Crippen molar-refractivity contribution in [2.75, 3.05) is 19.8 Å². The van der Waals surface area contributed by atoms with Gasteiger partial charge in [-0.1, -0.05) is 25.0 Å². The number of benzene rings is 3. The molecule has 0 amide bonds. The van der Waals surface area contributed by atoms with Crippen molar-refractivity contribution < 1.29 is 33.1 Å². The molecule has 3 aromatic carbocycles. The summed E-state index contributed by atoms with van der Waals surface area (Å²) in [5.41, 5.74) is 1.63. The summed E-state index contributed by atoms with van der Waals surface area (Å²) in [6.07, 6.45) is 2.62. The van der Waals surface area contributed by atoms with Gasteiger partial charge < -0.3 is 18.6 Å². The van der Waals surface area contributed by atoms with Gasteiger partial charge in [0.1, 0.15) is 11.3 Å². The number of unbranched alkanes of at least 4 members (excludes halogenated alkanes) is 2. The van der Waals surface area contributed by atoms with Crippen LogP contribution < -0.4 is 4.74 Å². The zero-order valence-corrected chi connectivity index (χ0v) is 21.9. The van der Waals surface area contributed by atoms with Crippen molar-refractivity contribution in [2.24, 2.45) is 5.92 Å². The fourth-order valence-electron chi connectivity index (χ4n) is 4.23. The SMILES string of the molecule is CCOC(=O)C(CCCCCOc1ccc2cc(-c3nc4ccc([N+](=O)[O-])cc4o3)ccc2c1)C(=O)OCC. The van der Waals surface area contributed by atoms with E-state index in [4.69, 9.17) is 18.6 Å². The number of carbonyl (C=O) groups is 2. The van der Waals surface area contributed by atoms with Crippen LogP contribution in [0.15, 0.2) is 59.0 Å². The first-order valence-corrected chi connectivity index (χ1v) is 12.9. The molecule has 0 N–H and O–H groups in total. The summed E-state index contributed by atoms with van der Waals surface area (Å²) < 4.78 is 21.7. The average Bonchev–Trinajstić information content (AvgIpc) is 3.36. The molecule has 1 heterocycles. The number of oxazole rings is 1. The molecule has 0 fully saturated rings. The van der Waals surface area contributed by atoms with E-state index in [1.807, 2.05) is 36.4 Å². The molecule has 1 aromatic heterocycles. The Morgan fingerprint density at radius 1 is 0.923 bits per heavy atom. The normalized spacial score (nSPS) is 11.2. The number of nitro groups is 1. The number of non-ortho nitro benzene ring substituents is 1. The molecule has 0 aliphatic rings. The third-order valence-electron chi connectivity index (χ3n) is 6.19. The highest BCUT2D eigenvalue weighted by Crippen LogP contribution is 2.30. The number of fused-ring (bicyclic) bond motifs is 2. The summed E-state index contributed by atoms with van der Waals surface area (Å²) in [6, 6.07) is 15.9. The van der Waals surface area contributed by atoms with Crippen LogP contribution in [0.1, 0.15) is 39.5 Å². The quantitative estimate of drug-likeness (QED) is 0.0643. The highest BCUT2D eigenvalue weighted by Gasteiger charge is 2.28. The molecule has 4 rings (SSSR count). The van der Waals surface area contributed by atoms with Gasteiger partial charge in [-0.2, -0.15) is 0 Å². The second-order valence-electron chi connectivity index (χ2n) is 8.91. The minimum Gasteiger partial charge on any atom is -0.494 e. The molecule has 0 unspecified atom stereocenters. The molecule has 0 spiro atoms. The molecular formula is C29H30N2O8. The highest BCUT2D eigenvalue weighted by atomic mass is 16.6. The zero-order chi connectivity index (χ0) is 27.8. The molecule has 204 valence electrons. The first-order valence-electron chi connectivity index (χ1n) is 12.9. The van der Waals surface area contributed by atoms with Gasteiger partial charge >= 0.3 is 11.9 Å². The number of ether oxygens (including phenoxy) is 3. The Balaban J connectivity index is 1.31. The Bertz CT molecular complexity index is 1460. The van der Waals surface area contributed by atoms with E-state index >= 15 is 0 Å². The Morgan fingerprint density at radius 2 is 1.64 bits per heavy atom. The topological polar surface area (TPSA) is 131 Å². The van der Waals surface area contributed by atoms with Gasteiger partial charge in [0.05, 0.1) is 30.8 Å². The lowest BCUT2D eigenvalue weighted by molar-refractivity contribution is -0.384. The van der Waals surface area contributed by atoms with Crippen LogP contribution in [-0.4, -0.2) is 41.7 Å². The number of hydrogen-bond acceptors (Lipinski definition) is 9. The van der Waals surface area contributed by atoms with Crippen LogP contribution in [-0.2, 0) is 19.1 Å². The predicted octanol–water partition coefficient (Wildman–Crippen LogP) is 6.24. The maximum absolute atomic E-state index is 12.1. The van der Waals surface area contributed by atoms with Gasteiger partial charge in [-0.05, 0) is 67.8 Å². The largest absolute Gasteiger partial charge is 0.494 e. The summed E-state index contributed by atoms with van der Waals surface area (Å²) in [7, 11) is 0.